The number of fused-ring (bicyclic) bond motifs is 1. The number of morpholine rings is 1. The molecular weight excluding hydrogens is 406 g/mol. The summed E-state index contributed by atoms with van der Waals surface area (Å²) in [4.78, 5) is 22.0. The largest absolute Gasteiger partial charge is 0.379 e. The van der Waals surface area contributed by atoms with E-state index in [1.54, 1.807) is 0 Å². The van der Waals surface area contributed by atoms with Gasteiger partial charge in [-0.15, -0.1) is 0 Å². The second kappa shape index (κ2) is 9.67. The first-order valence-corrected chi connectivity index (χ1v) is 11.1. The normalized spacial score (nSPS) is 14.9. The number of hydrogen-bond acceptors (Lipinski definition) is 5. The number of amides is 1. The molecule has 2 heterocycles. The number of halogens is 1. The SMILES string of the molecule is O=C(CCc1ccccc1)N(CCN1CCOCC1)c1nc2c(Cl)cccc2s1. The van der Waals surface area contributed by atoms with Crippen LogP contribution in [-0.4, -0.2) is 55.2 Å². The van der Waals surface area contributed by atoms with Crippen molar-refractivity contribution in [1.82, 2.24) is 9.88 Å². The minimum absolute atomic E-state index is 0.0947. The van der Waals surface area contributed by atoms with Gasteiger partial charge in [0.2, 0.25) is 5.91 Å². The Morgan fingerprint density at radius 2 is 1.93 bits per heavy atom. The zero-order valence-electron chi connectivity index (χ0n) is 16.2. The van der Waals surface area contributed by atoms with E-state index >= 15 is 0 Å². The molecular formula is C22H24ClN3O2S. The van der Waals surface area contributed by atoms with Crippen LogP contribution in [0.25, 0.3) is 10.2 Å². The van der Waals surface area contributed by atoms with E-state index in [2.05, 4.69) is 17.0 Å². The predicted octanol–water partition coefficient (Wildman–Crippen LogP) is 4.25. The zero-order chi connectivity index (χ0) is 20.1. The quantitative estimate of drug-likeness (QED) is 0.563. The van der Waals surface area contributed by atoms with Crippen LogP contribution in [-0.2, 0) is 16.0 Å². The molecule has 0 unspecified atom stereocenters. The van der Waals surface area contributed by atoms with Gasteiger partial charge in [-0.3, -0.25) is 14.6 Å². The summed E-state index contributed by atoms with van der Waals surface area (Å²) in [5.74, 6) is 0.0947. The van der Waals surface area contributed by atoms with Crippen molar-refractivity contribution >= 4 is 44.2 Å². The molecule has 29 heavy (non-hydrogen) atoms. The van der Waals surface area contributed by atoms with Gasteiger partial charge >= 0.3 is 0 Å². The Morgan fingerprint density at radius 1 is 1.14 bits per heavy atom. The highest BCUT2D eigenvalue weighted by Gasteiger charge is 2.22. The highest BCUT2D eigenvalue weighted by atomic mass is 35.5. The van der Waals surface area contributed by atoms with Crippen LogP contribution in [0.15, 0.2) is 48.5 Å². The summed E-state index contributed by atoms with van der Waals surface area (Å²) in [6.07, 6.45) is 1.18. The van der Waals surface area contributed by atoms with Crippen molar-refractivity contribution in [2.24, 2.45) is 0 Å². The number of thiazole rings is 1. The predicted molar refractivity (Wildman–Crippen MR) is 119 cm³/mol. The molecule has 1 aliphatic rings. The number of nitrogens with zero attached hydrogens (tertiary/aromatic N) is 3. The van der Waals surface area contributed by atoms with E-state index in [1.165, 1.54) is 16.9 Å². The zero-order valence-corrected chi connectivity index (χ0v) is 17.8. The molecule has 3 aromatic rings. The van der Waals surface area contributed by atoms with Crippen LogP contribution in [0.1, 0.15) is 12.0 Å². The van der Waals surface area contributed by atoms with Crippen molar-refractivity contribution in [2.75, 3.05) is 44.3 Å². The van der Waals surface area contributed by atoms with Crippen molar-refractivity contribution in [1.29, 1.82) is 0 Å². The fourth-order valence-corrected chi connectivity index (χ4v) is 4.75. The van der Waals surface area contributed by atoms with Crippen LogP contribution < -0.4 is 4.90 Å². The Labute approximate surface area is 179 Å². The molecule has 1 saturated heterocycles. The summed E-state index contributed by atoms with van der Waals surface area (Å²) in [6.45, 7) is 4.72. The number of carbonyl (C=O) groups is 1. The third kappa shape index (κ3) is 5.14. The summed E-state index contributed by atoms with van der Waals surface area (Å²) in [5, 5.41) is 1.34. The summed E-state index contributed by atoms with van der Waals surface area (Å²) in [6, 6.07) is 15.9. The maximum Gasteiger partial charge on any atom is 0.229 e. The molecule has 0 spiro atoms. The molecule has 7 heteroatoms. The van der Waals surface area contributed by atoms with E-state index in [0.29, 0.717) is 18.0 Å². The van der Waals surface area contributed by atoms with Crippen LogP contribution in [0.3, 0.4) is 0 Å². The summed E-state index contributed by atoms with van der Waals surface area (Å²) >= 11 is 7.84. The molecule has 4 rings (SSSR count). The van der Waals surface area contributed by atoms with Crippen molar-refractivity contribution in [3.63, 3.8) is 0 Å². The van der Waals surface area contributed by atoms with Crippen LogP contribution in [0.5, 0.6) is 0 Å². The van der Waals surface area contributed by atoms with E-state index in [9.17, 15) is 4.79 Å². The van der Waals surface area contributed by atoms with Gasteiger partial charge < -0.3 is 4.74 Å². The average molecular weight is 430 g/mol. The minimum Gasteiger partial charge on any atom is -0.379 e. The van der Waals surface area contributed by atoms with Crippen molar-refractivity contribution < 1.29 is 9.53 Å². The Kier molecular flexibility index (Phi) is 6.77. The topological polar surface area (TPSA) is 45.7 Å². The fraction of sp³-hybridized carbons (Fsp3) is 0.364. The summed E-state index contributed by atoms with van der Waals surface area (Å²) in [5.41, 5.74) is 1.93. The van der Waals surface area contributed by atoms with Gasteiger partial charge in [0.25, 0.3) is 0 Å². The van der Waals surface area contributed by atoms with Gasteiger partial charge in [0.05, 0.1) is 22.9 Å². The van der Waals surface area contributed by atoms with E-state index in [4.69, 9.17) is 21.3 Å². The number of benzene rings is 2. The molecule has 2 aromatic carbocycles. The van der Waals surface area contributed by atoms with Crippen molar-refractivity contribution in [3.8, 4) is 0 Å². The number of rotatable bonds is 7. The van der Waals surface area contributed by atoms with Crippen molar-refractivity contribution in [2.45, 2.75) is 12.8 Å². The highest BCUT2D eigenvalue weighted by molar-refractivity contribution is 7.22. The van der Waals surface area contributed by atoms with E-state index in [1.807, 2.05) is 41.3 Å². The molecule has 0 aliphatic carbocycles. The molecule has 1 fully saturated rings. The van der Waals surface area contributed by atoms with Crippen LogP contribution >= 0.6 is 22.9 Å². The van der Waals surface area contributed by atoms with E-state index in [-0.39, 0.29) is 5.91 Å². The molecule has 0 atom stereocenters. The number of hydrogen-bond donors (Lipinski definition) is 0. The van der Waals surface area contributed by atoms with Gasteiger partial charge in [-0.2, -0.15) is 0 Å². The third-order valence-electron chi connectivity index (χ3n) is 5.10. The van der Waals surface area contributed by atoms with Gasteiger partial charge in [-0.05, 0) is 24.1 Å². The number of carbonyl (C=O) groups excluding carboxylic acids is 1. The smallest absolute Gasteiger partial charge is 0.229 e. The Bertz CT molecular complexity index is 957. The molecule has 0 N–H and O–H groups in total. The second-order valence-corrected chi connectivity index (χ2v) is 8.48. The summed E-state index contributed by atoms with van der Waals surface area (Å²) < 4.78 is 6.43. The average Bonchev–Trinajstić information content (AvgIpc) is 3.19. The standard InChI is InChI=1S/C22H24ClN3O2S/c23-18-7-4-8-19-21(18)24-22(29-19)26(12-11-25-13-15-28-16-14-25)20(27)10-9-17-5-2-1-3-6-17/h1-8H,9-16H2. The minimum atomic E-state index is 0.0947. The summed E-state index contributed by atoms with van der Waals surface area (Å²) in [7, 11) is 0. The number of aryl methyl sites for hydroxylation is 1. The van der Waals surface area contributed by atoms with Gasteiger partial charge in [-0.25, -0.2) is 4.98 Å². The van der Waals surface area contributed by atoms with Crippen LogP contribution in [0.2, 0.25) is 5.02 Å². The molecule has 152 valence electrons. The number of anilines is 1. The van der Waals surface area contributed by atoms with Gasteiger partial charge in [0.15, 0.2) is 5.13 Å². The monoisotopic (exact) mass is 429 g/mol. The number of ether oxygens (including phenoxy) is 1. The number of para-hydroxylation sites is 1. The molecule has 1 aromatic heterocycles. The second-order valence-electron chi connectivity index (χ2n) is 7.07. The lowest BCUT2D eigenvalue weighted by Crippen LogP contribution is -2.43. The van der Waals surface area contributed by atoms with Crippen LogP contribution in [0, 0.1) is 0 Å². The Hall–Kier alpha value is -1.99. The molecule has 1 amide bonds. The van der Waals surface area contributed by atoms with Gasteiger partial charge in [-0.1, -0.05) is 59.3 Å². The van der Waals surface area contributed by atoms with Gasteiger partial charge in [0.1, 0.15) is 5.52 Å². The third-order valence-corrected chi connectivity index (χ3v) is 6.45. The van der Waals surface area contributed by atoms with Crippen molar-refractivity contribution in [3.05, 3.63) is 59.1 Å². The first kappa shape index (κ1) is 20.3. The highest BCUT2D eigenvalue weighted by Crippen LogP contribution is 2.33. The molecule has 1 aliphatic heterocycles. The maximum absolute atomic E-state index is 13.2. The fourth-order valence-electron chi connectivity index (χ4n) is 3.44. The maximum atomic E-state index is 13.2. The lowest BCUT2D eigenvalue weighted by molar-refractivity contribution is -0.118. The first-order valence-electron chi connectivity index (χ1n) is 9.90. The van der Waals surface area contributed by atoms with E-state index < -0.39 is 0 Å². The molecule has 5 nitrogen and oxygen atoms in total. The van der Waals surface area contributed by atoms with Gasteiger partial charge in [0, 0.05) is 32.6 Å². The number of aromatic nitrogens is 1. The lowest BCUT2D eigenvalue weighted by Gasteiger charge is -2.29. The molecule has 0 bridgehead atoms. The molecule has 0 radical (unpaired) electrons. The Balaban J connectivity index is 1.52. The van der Waals surface area contributed by atoms with Crippen LogP contribution in [0.4, 0.5) is 5.13 Å². The lowest BCUT2D eigenvalue weighted by atomic mass is 10.1. The van der Waals surface area contributed by atoms with E-state index in [0.717, 1.165) is 54.6 Å². The Morgan fingerprint density at radius 3 is 2.69 bits per heavy atom. The molecule has 0 saturated carbocycles. The first-order chi connectivity index (χ1) is 14.2.